The number of thiol groups is 1. The molecule has 5 aromatic rings. The third kappa shape index (κ3) is 4.43. The lowest BCUT2D eigenvalue weighted by molar-refractivity contribution is -0.129. The minimum atomic E-state index is -1.69. The van der Waals surface area contributed by atoms with E-state index in [0.29, 0.717) is 0 Å². The number of aromatic amines is 1. The minimum Gasteiger partial charge on any atom is -0.394 e. The summed E-state index contributed by atoms with van der Waals surface area (Å²) in [5.41, 5.74) is 5.23. The number of nitrogens with zero attached hydrogens (tertiary/aromatic N) is 3. The zero-order chi connectivity index (χ0) is 28.7. The lowest BCUT2D eigenvalue weighted by Gasteiger charge is -2.48. The molecule has 0 unspecified atom stereocenters. The third-order valence-corrected chi connectivity index (χ3v) is 9.01. The van der Waals surface area contributed by atoms with E-state index in [2.05, 4.69) is 15.0 Å². The monoisotopic (exact) mass is 569 g/mol. The van der Waals surface area contributed by atoms with Gasteiger partial charge in [0.15, 0.2) is 16.9 Å². The molecule has 0 radical (unpaired) electrons. The molecular formula is C31H31N5O4S. The van der Waals surface area contributed by atoms with Crippen molar-refractivity contribution in [3.63, 3.8) is 0 Å². The fraction of sp³-hybridized carbons (Fsp3) is 0.258. The summed E-state index contributed by atoms with van der Waals surface area (Å²) in [5, 5.41) is 23.6. The van der Waals surface area contributed by atoms with Gasteiger partial charge in [0.25, 0.3) is 5.56 Å². The topological polar surface area (TPSA) is 139 Å². The summed E-state index contributed by atoms with van der Waals surface area (Å²) in [6, 6.07) is 28.9. The molecule has 41 heavy (non-hydrogen) atoms. The molecule has 1 saturated heterocycles. The van der Waals surface area contributed by atoms with Gasteiger partial charge in [-0.05, 0) is 23.1 Å². The molecule has 0 amide bonds. The highest BCUT2D eigenvalue weighted by molar-refractivity contribution is 7.82. The van der Waals surface area contributed by atoms with Crippen LogP contribution in [0.5, 0.6) is 0 Å². The average molecular weight is 570 g/mol. The van der Waals surface area contributed by atoms with Crippen LogP contribution < -0.4 is 11.3 Å². The van der Waals surface area contributed by atoms with E-state index in [9.17, 15) is 15.0 Å². The summed E-state index contributed by atoms with van der Waals surface area (Å²) < 4.78 is 7.12. The van der Waals surface area contributed by atoms with Gasteiger partial charge >= 0.3 is 0 Å². The molecule has 210 valence electrons. The minimum absolute atomic E-state index is 0.0738. The first-order chi connectivity index (χ1) is 19.8. The molecule has 3 heterocycles. The Morgan fingerprint density at radius 3 is 2.00 bits per heavy atom. The summed E-state index contributed by atoms with van der Waals surface area (Å²) in [6.45, 7) is -0.472. The number of hydrogen-bond acceptors (Lipinski definition) is 8. The lowest BCUT2D eigenvalue weighted by atomic mass is 9.70. The third-order valence-electron chi connectivity index (χ3n) is 8.12. The number of aromatic nitrogens is 4. The molecule has 6 rings (SSSR count). The van der Waals surface area contributed by atoms with Gasteiger partial charge in [0, 0.05) is 12.8 Å². The Bertz CT molecular complexity index is 1710. The van der Waals surface area contributed by atoms with Crippen LogP contribution in [0.4, 0.5) is 5.95 Å². The van der Waals surface area contributed by atoms with E-state index in [0.717, 1.165) is 16.7 Å². The van der Waals surface area contributed by atoms with E-state index < -0.39 is 34.3 Å². The SMILES string of the molecule is Nc1nc2c(ncn2[C@]2(Cc3ccccc3)O[C@H](CO)[C@](O)(Cc3ccccc3)[C@]2(S)Cc2ccccc2)c(=O)[nH]1. The van der Waals surface area contributed by atoms with Crippen molar-refractivity contribution >= 4 is 29.7 Å². The van der Waals surface area contributed by atoms with Gasteiger partial charge in [-0.3, -0.25) is 14.3 Å². The van der Waals surface area contributed by atoms with Crippen molar-refractivity contribution in [2.45, 2.75) is 41.4 Å². The van der Waals surface area contributed by atoms with Crippen molar-refractivity contribution in [3.8, 4) is 0 Å². The first kappa shape index (κ1) is 27.2. The Balaban J connectivity index is 1.66. The zero-order valence-electron chi connectivity index (χ0n) is 22.2. The predicted molar refractivity (Wildman–Crippen MR) is 160 cm³/mol. The van der Waals surface area contributed by atoms with Gasteiger partial charge in [0.2, 0.25) is 5.95 Å². The van der Waals surface area contributed by atoms with Gasteiger partial charge in [-0.2, -0.15) is 17.6 Å². The molecule has 2 aromatic heterocycles. The highest BCUT2D eigenvalue weighted by atomic mass is 32.1. The van der Waals surface area contributed by atoms with Crippen molar-refractivity contribution in [1.29, 1.82) is 0 Å². The Hall–Kier alpha value is -3.96. The number of aliphatic hydroxyl groups excluding tert-OH is 1. The van der Waals surface area contributed by atoms with Crippen molar-refractivity contribution in [1.82, 2.24) is 19.5 Å². The number of fused-ring (bicyclic) bond motifs is 1. The Kier molecular flexibility index (Phi) is 6.95. The Labute approximate surface area is 242 Å². The maximum Gasteiger partial charge on any atom is 0.280 e. The Morgan fingerprint density at radius 1 is 0.902 bits per heavy atom. The fourth-order valence-corrected chi connectivity index (χ4v) is 6.81. The molecule has 1 fully saturated rings. The number of benzene rings is 3. The molecule has 1 aliphatic rings. The van der Waals surface area contributed by atoms with E-state index in [1.165, 1.54) is 6.33 Å². The number of ether oxygens (including phenoxy) is 1. The summed E-state index contributed by atoms with van der Waals surface area (Å²) in [5.74, 6) is -0.0804. The molecule has 10 heteroatoms. The predicted octanol–water partition coefficient (Wildman–Crippen LogP) is 2.87. The zero-order valence-corrected chi connectivity index (χ0v) is 23.1. The second-order valence-electron chi connectivity index (χ2n) is 10.6. The molecule has 0 bridgehead atoms. The highest BCUT2D eigenvalue weighted by Gasteiger charge is 2.72. The quantitative estimate of drug-likeness (QED) is 0.181. The fourth-order valence-electron chi connectivity index (χ4n) is 6.17. The summed E-state index contributed by atoms with van der Waals surface area (Å²) in [7, 11) is 0. The maximum absolute atomic E-state index is 12.9. The van der Waals surface area contributed by atoms with Gasteiger partial charge in [-0.15, -0.1) is 0 Å². The number of nitrogens with one attached hydrogen (secondary N) is 1. The number of aliphatic hydroxyl groups is 2. The van der Waals surface area contributed by atoms with Crippen LogP contribution in [0.3, 0.4) is 0 Å². The number of imidazole rings is 1. The van der Waals surface area contributed by atoms with Gasteiger partial charge in [0.1, 0.15) is 11.7 Å². The van der Waals surface area contributed by atoms with Gasteiger partial charge in [-0.25, -0.2) is 4.98 Å². The molecule has 9 nitrogen and oxygen atoms in total. The highest BCUT2D eigenvalue weighted by Crippen LogP contribution is 2.58. The molecule has 0 aliphatic carbocycles. The molecule has 0 spiro atoms. The Morgan fingerprint density at radius 2 is 1.44 bits per heavy atom. The van der Waals surface area contributed by atoms with Crippen molar-refractivity contribution < 1.29 is 14.9 Å². The van der Waals surface area contributed by atoms with Crippen LogP contribution >= 0.6 is 12.6 Å². The summed E-state index contributed by atoms with van der Waals surface area (Å²) in [6.07, 6.45) is 1.05. The van der Waals surface area contributed by atoms with Crippen LogP contribution in [0.25, 0.3) is 11.2 Å². The molecule has 3 aromatic carbocycles. The van der Waals surface area contributed by atoms with Crippen LogP contribution in [0.1, 0.15) is 16.7 Å². The van der Waals surface area contributed by atoms with Crippen LogP contribution in [0, 0.1) is 0 Å². The normalized spacial score (nSPS) is 26.0. The van der Waals surface area contributed by atoms with Crippen LogP contribution in [0.15, 0.2) is 102 Å². The average Bonchev–Trinajstić information content (AvgIpc) is 3.47. The standard InChI is InChI=1S/C31H31N5O4S/c32-28-34-26-25(27(38)35-28)33-20-36(26)31(18-23-14-8-3-9-15-23)30(41,17-22-12-6-2-7-13-22)29(39,24(19-37)40-31)16-21-10-4-1-5-11-21/h1-15,20,24,37,39,41H,16-19H2,(H3,32,34,35,38)/t24-,29-,30-,31-/m1/s1. The van der Waals surface area contributed by atoms with E-state index in [1.54, 1.807) is 4.57 Å². The first-order valence-corrected chi connectivity index (χ1v) is 13.8. The van der Waals surface area contributed by atoms with Crippen LogP contribution in [-0.4, -0.2) is 52.8 Å². The van der Waals surface area contributed by atoms with Crippen LogP contribution in [-0.2, 0) is 29.7 Å². The first-order valence-electron chi connectivity index (χ1n) is 13.4. The van der Waals surface area contributed by atoms with E-state index in [1.807, 2.05) is 91.0 Å². The van der Waals surface area contributed by atoms with Crippen molar-refractivity contribution in [3.05, 3.63) is 124 Å². The van der Waals surface area contributed by atoms with Crippen LogP contribution in [0.2, 0.25) is 0 Å². The molecule has 5 N–H and O–H groups in total. The number of anilines is 1. The number of rotatable bonds is 8. The summed E-state index contributed by atoms with van der Waals surface area (Å²) in [4.78, 5) is 24.2. The number of nitrogens with two attached hydrogens (primary N) is 1. The number of hydrogen-bond donors (Lipinski definition) is 5. The number of nitrogen functional groups attached to an aromatic ring is 1. The smallest absolute Gasteiger partial charge is 0.280 e. The largest absolute Gasteiger partial charge is 0.394 e. The number of H-pyrrole nitrogens is 1. The second kappa shape index (κ2) is 10.5. The lowest BCUT2D eigenvalue weighted by Crippen LogP contribution is -2.64. The van der Waals surface area contributed by atoms with Gasteiger partial charge < -0.3 is 20.7 Å². The van der Waals surface area contributed by atoms with E-state index >= 15 is 0 Å². The van der Waals surface area contributed by atoms with Gasteiger partial charge in [-0.1, -0.05) is 91.0 Å². The maximum atomic E-state index is 12.9. The molecular weight excluding hydrogens is 538 g/mol. The molecule has 4 atom stereocenters. The molecule has 0 saturated carbocycles. The van der Waals surface area contributed by atoms with E-state index in [-0.39, 0.29) is 36.4 Å². The van der Waals surface area contributed by atoms with Crippen molar-refractivity contribution in [2.75, 3.05) is 12.3 Å². The molecule has 1 aliphatic heterocycles. The second-order valence-corrected chi connectivity index (χ2v) is 11.3. The van der Waals surface area contributed by atoms with Crippen molar-refractivity contribution in [2.24, 2.45) is 0 Å². The van der Waals surface area contributed by atoms with E-state index in [4.69, 9.17) is 23.1 Å². The van der Waals surface area contributed by atoms with Gasteiger partial charge in [0.05, 0.1) is 17.7 Å². The summed E-state index contributed by atoms with van der Waals surface area (Å²) >= 11 is 5.41.